The first-order valence-electron chi connectivity index (χ1n) is 10.3. The lowest BCUT2D eigenvalue weighted by atomic mass is 10.1. The summed E-state index contributed by atoms with van der Waals surface area (Å²) in [5, 5.41) is 2.93. The fourth-order valence-electron chi connectivity index (χ4n) is 3.30. The number of carbonyl (C=O) groups is 2. The Labute approximate surface area is 189 Å². The molecule has 1 saturated heterocycles. The van der Waals surface area contributed by atoms with Crippen LogP contribution in [-0.4, -0.2) is 49.6 Å². The lowest BCUT2D eigenvalue weighted by Crippen LogP contribution is -2.38. The maximum atomic E-state index is 12.5. The molecule has 2 amide bonds. The summed E-state index contributed by atoms with van der Waals surface area (Å²) in [4.78, 5) is 27.9. The van der Waals surface area contributed by atoms with Gasteiger partial charge in [0.2, 0.25) is 0 Å². The first kappa shape index (κ1) is 22.6. The zero-order valence-electron chi connectivity index (χ0n) is 17.1. The normalized spacial score (nSPS) is 13.7. The van der Waals surface area contributed by atoms with E-state index in [0.29, 0.717) is 30.2 Å². The number of hydrogen-bond donors (Lipinski definition) is 1. The van der Waals surface area contributed by atoms with Crippen molar-refractivity contribution in [3.8, 4) is 11.5 Å². The van der Waals surface area contributed by atoms with E-state index in [4.69, 9.17) is 9.47 Å². The van der Waals surface area contributed by atoms with Crippen LogP contribution >= 0.6 is 27.3 Å². The van der Waals surface area contributed by atoms with E-state index in [0.717, 1.165) is 36.1 Å². The van der Waals surface area contributed by atoms with Gasteiger partial charge in [-0.2, -0.15) is 0 Å². The van der Waals surface area contributed by atoms with Gasteiger partial charge in [-0.15, -0.1) is 11.3 Å². The quantitative estimate of drug-likeness (QED) is 0.564. The van der Waals surface area contributed by atoms with Crippen LogP contribution in [0, 0.1) is 0 Å². The number of likely N-dealkylation sites (tertiary alicyclic amines) is 1. The fourth-order valence-corrected chi connectivity index (χ4v) is 4.78. The van der Waals surface area contributed by atoms with Gasteiger partial charge in [0.25, 0.3) is 11.8 Å². The van der Waals surface area contributed by atoms with Gasteiger partial charge in [-0.25, -0.2) is 0 Å². The molecule has 1 aromatic heterocycles. The Morgan fingerprint density at radius 3 is 2.60 bits per heavy atom. The minimum Gasteiger partial charge on any atom is -0.490 e. The zero-order valence-corrected chi connectivity index (χ0v) is 19.5. The third-order valence-electron chi connectivity index (χ3n) is 4.85. The number of rotatable bonds is 9. The van der Waals surface area contributed by atoms with Gasteiger partial charge in [0.15, 0.2) is 18.1 Å². The van der Waals surface area contributed by atoms with Crippen LogP contribution in [0.3, 0.4) is 0 Å². The van der Waals surface area contributed by atoms with Crippen molar-refractivity contribution in [2.24, 2.45) is 0 Å². The summed E-state index contributed by atoms with van der Waals surface area (Å²) in [5.74, 6) is 0.766. The van der Waals surface area contributed by atoms with E-state index in [2.05, 4.69) is 21.2 Å². The number of amides is 2. The Kier molecular flexibility index (Phi) is 8.57. The molecule has 0 aliphatic carbocycles. The highest BCUT2D eigenvalue weighted by Gasteiger charge is 2.18. The van der Waals surface area contributed by atoms with Crippen molar-refractivity contribution >= 4 is 39.1 Å². The van der Waals surface area contributed by atoms with Gasteiger partial charge in [0.1, 0.15) is 0 Å². The summed E-state index contributed by atoms with van der Waals surface area (Å²) in [6.45, 7) is 4.42. The van der Waals surface area contributed by atoms with Gasteiger partial charge in [0, 0.05) is 30.1 Å². The smallest absolute Gasteiger partial charge is 0.260 e. The lowest BCUT2D eigenvalue weighted by molar-refractivity contribution is -0.134. The minimum atomic E-state index is -0.164. The number of hydrogen-bond acceptors (Lipinski definition) is 5. The topological polar surface area (TPSA) is 67.9 Å². The second-order valence-corrected chi connectivity index (χ2v) is 9.58. The van der Waals surface area contributed by atoms with E-state index in [9.17, 15) is 9.59 Å². The maximum absolute atomic E-state index is 12.5. The number of thiophene rings is 1. The van der Waals surface area contributed by atoms with Crippen molar-refractivity contribution in [1.82, 2.24) is 10.2 Å². The highest BCUT2D eigenvalue weighted by Crippen LogP contribution is 2.29. The monoisotopic (exact) mass is 494 g/mol. The van der Waals surface area contributed by atoms with E-state index in [1.165, 1.54) is 11.3 Å². The molecule has 162 valence electrons. The van der Waals surface area contributed by atoms with Gasteiger partial charge in [-0.05, 0) is 78.9 Å². The van der Waals surface area contributed by atoms with E-state index >= 15 is 0 Å². The molecule has 30 heavy (non-hydrogen) atoms. The number of nitrogens with one attached hydrogen (secondary N) is 1. The van der Waals surface area contributed by atoms with Crippen LogP contribution < -0.4 is 14.8 Å². The van der Waals surface area contributed by atoms with Gasteiger partial charge in [-0.3, -0.25) is 9.59 Å². The number of carbonyl (C=O) groups excluding carboxylic acids is 2. The Morgan fingerprint density at radius 1 is 1.10 bits per heavy atom. The van der Waals surface area contributed by atoms with Gasteiger partial charge >= 0.3 is 0 Å². The van der Waals surface area contributed by atoms with Crippen LogP contribution in [0.2, 0.25) is 0 Å². The molecule has 0 spiro atoms. The summed E-state index contributed by atoms with van der Waals surface area (Å²) in [6, 6.07) is 9.11. The molecule has 6 nitrogen and oxygen atoms in total. The average molecular weight is 495 g/mol. The maximum Gasteiger partial charge on any atom is 0.260 e. The van der Waals surface area contributed by atoms with E-state index in [1.54, 1.807) is 29.5 Å². The summed E-state index contributed by atoms with van der Waals surface area (Å²) in [6.07, 6.45) is 4.04. The highest BCUT2D eigenvalue weighted by molar-refractivity contribution is 9.11. The number of benzene rings is 1. The summed E-state index contributed by atoms with van der Waals surface area (Å²) in [7, 11) is 0. The predicted molar refractivity (Wildman–Crippen MR) is 122 cm³/mol. The van der Waals surface area contributed by atoms with Crippen molar-refractivity contribution in [1.29, 1.82) is 0 Å². The molecule has 1 aliphatic heterocycles. The average Bonchev–Trinajstić information content (AvgIpc) is 3.18. The first-order valence-corrected chi connectivity index (χ1v) is 11.9. The van der Waals surface area contributed by atoms with Gasteiger partial charge < -0.3 is 19.7 Å². The van der Waals surface area contributed by atoms with E-state index in [-0.39, 0.29) is 18.4 Å². The number of nitrogens with zero attached hydrogens (tertiary/aromatic N) is 1. The molecule has 3 rings (SSSR count). The molecular weight excluding hydrogens is 468 g/mol. The Balaban J connectivity index is 1.56. The SMILES string of the molecule is CCOc1cc(C(=O)NCCc2ccc(Br)s2)ccc1OCC(=O)N1CCCCC1. The van der Waals surface area contributed by atoms with Crippen LogP contribution in [-0.2, 0) is 11.2 Å². The Morgan fingerprint density at radius 2 is 1.90 bits per heavy atom. The van der Waals surface area contributed by atoms with Crippen molar-refractivity contribution in [2.45, 2.75) is 32.6 Å². The predicted octanol–water partition coefficient (Wildman–Crippen LogP) is 4.27. The summed E-state index contributed by atoms with van der Waals surface area (Å²) in [5.41, 5.74) is 0.500. The zero-order chi connectivity index (χ0) is 21.3. The second-order valence-electron chi connectivity index (χ2n) is 7.04. The van der Waals surface area contributed by atoms with Crippen LogP contribution in [0.5, 0.6) is 11.5 Å². The largest absolute Gasteiger partial charge is 0.490 e. The molecule has 8 heteroatoms. The van der Waals surface area contributed by atoms with Crippen molar-refractivity contribution < 1.29 is 19.1 Å². The van der Waals surface area contributed by atoms with Crippen LogP contribution in [0.15, 0.2) is 34.1 Å². The molecule has 0 unspecified atom stereocenters. The molecule has 1 N–H and O–H groups in total. The molecule has 1 aliphatic rings. The molecule has 2 heterocycles. The van der Waals surface area contributed by atoms with Crippen molar-refractivity contribution in [3.05, 3.63) is 44.6 Å². The van der Waals surface area contributed by atoms with Crippen LogP contribution in [0.4, 0.5) is 0 Å². The van der Waals surface area contributed by atoms with E-state index < -0.39 is 0 Å². The van der Waals surface area contributed by atoms with Gasteiger partial charge in [-0.1, -0.05) is 0 Å². The van der Waals surface area contributed by atoms with Gasteiger partial charge in [0.05, 0.1) is 10.4 Å². The fraction of sp³-hybridized carbons (Fsp3) is 0.455. The lowest BCUT2D eigenvalue weighted by Gasteiger charge is -2.26. The number of piperidine rings is 1. The molecular formula is C22H27BrN2O4S. The molecule has 0 saturated carbocycles. The third-order valence-corrected chi connectivity index (χ3v) is 6.53. The molecule has 0 atom stereocenters. The third kappa shape index (κ3) is 6.47. The molecule has 1 aromatic carbocycles. The minimum absolute atomic E-state index is 0.0146. The van der Waals surface area contributed by atoms with Crippen molar-refractivity contribution in [3.63, 3.8) is 0 Å². The molecule has 1 fully saturated rings. The molecule has 0 radical (unpaired) electrons. The standard InChI is InChI=1S/C22H27BrN2O4S/c1-2-28-19-14-16(22(27)24-11-10-17-7-9-20(23)30-17)6-8-18(19)29-15-21(26)25-12-4-3-5-13-25/h6-9,14H,2-5,10-13,15H2,1H3,(H,24,27). The van der Waals surface area contributed by atoms with Crippen molar-refractivity contribution in [2.75, 3.05) is 32.8 Å². The van der Waals surface area contributed by atoms with E-state index in [1.807, 2.05) is 24.0 Å². The number of halogens is 1. The Bertz CT molecular complexity index is 865. The highest BCUT2D eigenvalue weighted by atomic mass is 79.9. The first-order chi connectivity index (χ1) is 14.6. The van der Waals surface area contributed by atoms with Crippen LogP contribution in [0.1, 0.15) is 41.4 Å². The Hall–Kier alpha value is -2.06. The summed E-state index contributed by atoms with van der Waals surface area (Å²) < 4.78 is 12.5. The second kappa shape index (κ2) is 11.4. The summed E-state index contributed by atoms with van der Waals surface area (Å²) >= 11 is 5.11. The molecule has 2 aromatic rings. The molecule has 0 bridgehead atoms. The number of ether oxygens (including phenoxy) is 2. The van der Waals surface area contributed by atoms with Crippen LogP contribution in [0.25, 0.3) is 0 Å².